The van der Waals surface area contributed by atoms with Crippen LogP contribution in [0.25, 0.3) is 0 Å². The smallest absolute Gasteiger partial charge is 0.0882 e. The molecular formula is C10H18O. The fourth-order valence-electron chi connectivity index (χ4n) is 1.58. The van der Waals surface area contributed by atoms with E-state index in [0.717, 1.165) is 6.61 Å². The number of hydrogen-bond donors (Lipinski definition) is 0. The average molecular weight is 154 g/mol. The van der Waals surface area contributed by atoms with Crippen LogP contribution in [0.4, 0.5) is 0 Å². The van der Waals surface area contributed by atoms with Gasteiger partial charge in [-0.2, -0.15) is 0 Å². The summed E-state index contributed by atoms with van der Waals surface area (Å²) in [5, 5.41) is 0. The van der Waals surface area contributed by atoms with Gasteiger partial charge in [-0.05, 0) is 25.2 Å². The van der Waals surface area contributed by atoms with Gasteiger partial charge in [0.05, 0.1) is 5.60 Å². The topological polar surface area (TPSA) is 9.23 Å². The molecule has 0 radical (unpaired) electrons. The van der Waals surface area contributed by atoms with E-state index in [1.54, 1.807) is 0 Å². The van der Waals surface area contributed by atoms with Gasteiger partial charge in [-0.25, -0.2) is 0 Å². The van der Waals surface area contributed by atoms with Crippen molar-refractivity contribution in [2.24, 2.45) is 5.41 Å². The summed E-state index contributed by atoms with van der Waals surface area (Å²) in [5.41, 5.74) is 0.123. The Kier molecular flexibility index (Phi) is 2.10. The molecule has 1 atom stereocenters. The van der Waals surface area contributed by atoms with Gasteiger partial charge in [-0.15, -0.1) is 6.58 Å². The van der Waals surface area contributed by atoms with E-state index in [9.17, 15) is 0 Å². The zero-order valence-corrected chi connectivity index (χ0v) is 7.81. The largest absolute Gasteiger partial charge is 0.371 e. The third-order valence-electron chi connectivity index (χ3n) is 3.08. The molecule has 1 unspecified atom stereocenters. The summed E-state index contributed by atoms with van der Waals surface area (Å²) in [7, 11) is 0. The Labute approximate surface area is 69.4 Å². The zero-order chi connectivity index (χ0) is 8.54. The lowest BCUT2D eigenvalue weighted by Gasteiger charge is -2.45. The molecule has 1 rings (SSSR count). The van der Waals surface area contributed by atoms with Crippen LogP contribution in [-0.2, 0) is 4.74 Å². The van der Waals surface area contributed by atoms with Crippen LogP contribution in [0.2, 0.25) is 0 Å². The van der Waals surface area contributed by atoms with Crippen LogP contribution in [0.3, 0.4) is 0 Å². The normalized spacial score (nSPS) is 36.6. The minimum absolute atomic E-state index is 0.120. The van der Waals surface area contributed by atoms with E-state index in [1.165, 1.54) is 12.8 Å². The van der Waals surface area contributed by atoms with Gasteiger partial charge in [0.2, 0.25) is 0 Å². The van der Waals surface area contributed by atoms with Gasteiger partial charge in [-0.3, -0.25) is 0 Å². The van der Waals surface area contributed by atoms with Crippen LogP contribution in [-0.4, -0.2) is 12.2 Å². The predicted molar refractivity (Wildman–Crippen MR) is 47.6 cm³/mol. The van der Waals surface area contributed by atoms with Crippen molar-refractivity contribution in [3.05, 3.63) is 12.7 Å². The van der Waals surface area contributed by atoms with Crippen molar-refractivity contribution in [2.45, 2.75) is 39.2 Å². The summed E-state index contributed by atoms with van der Waals surface area (Å²) in [6, 6.07) is 0. The predicted octanol–water partition coefficient (Wildman–Crippen LogP) is 2.77. The monoisotopic (exact) mass is 154 g/mol. The van der Waals surface area contributed by atoms with Crippen molar-refractivity contribution < 1.29 is 4.74 Å². The average Bonchev–Trinajstić information content (AvgIpc) is 1.95. The number of ether oxygens (including phenoxy) is 1. The Morgan fingerprint density at radius 1 is 1.36 bits per heavy atom. The molecule has 1 aliphatic heterocycles. The minimum atomic E-state index is -0.120. The summed E-state index contributed by atoms with van der Waals surface area (Å²) in [4.78, 5) is 0. The van der Waals surface area contributed by atoms with Crippen molar-refractivity contribution in [3.8, 4) is 0 Å². The van der Waals surface area contributed by atoms with Gasteiger partial charge in [0.25, 0.3) is 0 Å². The molecule has 64 valence electrons. The highest BCUT2D eigenvalue weighted by Crippen LogP contribution is 2.42. The van der Waals surface area contributed by atoms with Crippen molar-refractivity contribution >= 4 is 0 Å². The summed E-state index contributed by atoms with van der Waals surface area (Å²) in [6.45, 7) is 11.3. The van der Waals surface area contributed by atoms with Crippen molar-refractivity contribution in [3.63, 3.8) is 0 Å². The molecule has 0 saturated carbocycles. The molecular weight excluding hydrogens is 136 g/mol. The molecule has 1 saturated heterocycles. The lowest BCUT2D eigenvalue weighted by atomic mass is 9.71. The van der Waals surface area contributed by atoms with E-state index >= 15 is 0 Å². The highest BCUT2D eigenvalue weighted by molar-refractivity contribution is 5.05. The number of rotatable bonds is 1. The van der Waals surface area contributed by atoms with E-state index in [2.05, 4.69) is 27.4 Å². The SMILES string of the molecule is C=CC1(C)OCCCC1(C)C. The molecule has 0 N–H and O–H groups in total. The van der Waals surface area contributed by atoms with Crippen LogP contribution in [0.5, 0.6) is 0 Å². The van der Waals surface area contributed by atoms with Crippen LogP contribution >= 0.6 is 0 Å². The molecule has 1 heterocycles. The summed E-state index contributed by atoms with van der Waals surface area (Å²) in [6.07, 6.45) is 4.35. The fraction of sp³-hybridized carbons (Fsp3) is 0.800. The lowest BCUT2D eigenvalue weighted by molar-refractivity contribution is -0.113. The Hall–Kier alpha value is -0.300. The van der Waals surface area contributed by atoms with Crippen LogP contribution in [0.15, 0.2) is 12.7 Å². The first-order chi connectivity index (χ1) is 5.02. The third kappa shape index (κ3) is 1.34. The van der Waals surface area contributed by atoms with Crippen LogP contribution < -0.4 is 0 Å². The molecule has 0 spiro atoms. The van der Waals surface area contributed by atoms with Gasteiger partial charge in [-0.1, -0.05) is 19.9 Å². The summed E-state index contributed by atoms with van der Waals surface area (Å²) < 4.78 is 5.71. The standard InChI is InChI=1S/C10H18O/c1-5-10(4)9(2,3)7-6-8-11-10/h5H,1,6-8H2,2-4H3. The van der Waals surface area contributed by atoms with Crippen LogP contribution in [0.1, 0.15) is 33.6 Å². The molecule has 11 heavy (non-hydrogen) atoms. The van der Waals surface area contributed by atoms with E-state index in [-0.39, 0.29) is 11.0 Å². The molecule has 1 fully saturated rings. The molecule has 0 aromatic heterocycles. The van der Waals surface area contributed by atoms with Crippen LogP contribution in [0, 0.1) is 5.41 Å². The molecule has 0 amide bonds. The van der Waals surface area contributed by atoms with E-state index in [0.29, 0.717) is 0 Å². The first-order valence-corrected chi connectivity index (χ1v) is 4.29. The van der Waals surface area contributed by atoms with E-state index < -0.39 is 0 Å². The Bertz CT molecular complexity index is 160. The Morgan fingerprint density at radius 2 is 2.00 bits per heavy atom. The highest BCUT2D eigenvalue weighted by Gasteiger charge is 2.41. The lowest BCUT2D eigenvalue weighted by Crippen LogP contribution is -2.46. The van der Waals surface area contributed by atoms with E-state index in [1.807, 2.05) is 6.08 Å². The van der Waals surface area contributed by atoms with Gasteiger partial charge in [0.15, 0.2) is 0 Å². The van der Waals surface area contributed by atoms with Gasteiger partial charge < -0.3 is 4.74 Å². The molecule has 1 nitrogen and oxygen atoms in total. The zero-order valence-electron chi connectivity index (χ0n) is 7.81. The van der Waals surface area contributed by atoms with Crippen molar-refractivity contribution in [1.82, 2.24) is 0 Å². The second-order valence-electron chi connectivity index (χ2n) is 4.15. The summed E-state index contributed by atoms with van der Waals surface area (Å²) in [5.74, 6) is 0. The quantitative estimate of drug-likeness (QED) is 0.528. The highest BCUT2D eigenvalue weighted by atomic mass is 16.5. The maximum Gasteiger partial charge on any atom is 0.0882 e. The van der Waals surface area contributed by atoms with Crippen molar-refractivity contribution in [1.29, 1.82) is 0 Å². The number of hydrogen-bond acceptors (Lipinski definition) is 1. The van der Waals surface area contributed by atoms with E-state index in [4.69, 9.17) is 4.74 Å². The fourth-order valence-corrected chi connectivity index (χ4v) is 1.58. The van der Waals surface area contributed by atoms with Gasteiger partial charge >= 0.3 is 0 Å². The maximum atomic E-state index is 5.71. The molecule has 1 aliphatic rings. The second-order valence-corrected chi connectivity index (χ2v) is 4.15. The Morgan fingerprint density at radius 3 is 2.36 bits per heavy atom. The summed E-state index contributed by atoms with van der Waals surface area (Å²) >= 11 is 0. The third-order valence-corrected chi connectivity index (χ3v) is 3.08. The molecule has 1 heteroatoms. The second kappa shape index (κ2) is 2.63. The molecule has 0 bridgehead atoms. The first-order valence-electron chi connectivity index (χ1n) is 4.29. The molecule has 0 aromatic rings. The Balaban J connectivity index is 2.82. The minimum Gasteiger partial charge on any atom is -0.371 e. The molecule has 0 aliphatic carbocycles. The molecule has 0 aromatic carbocycles. The maximum absolute atomic E-state index is 5.71. The van der Waals surface area contributed by atoms with Gasteiger partial charge in [0, 0.05) is 6.61 Å². The van der Waals surface area contributed by atoms with Gasteiger partial charge in [0.1, 0.15) is 0 Å². The van der Waals surface area contributed by atoms with Crippen molar-refractivity contribution in [2.75, 3.05) is 6.61 Å². The first kappa shape index (κ1) is 8.79.